The minimum atomic E-state index is -0.130. The van der Waals surface area contributed by atoms with Crippen molar-refractivity contribution < 1.29 is 14.3 Å². The van der Waals surface area contributed by atoms with Gasteiger partial charge in [0.05, 0.1) is 25.5 Å². The summed E-state index contributed by atoms with van der Waals surface area (Å²) in [4.78, 5) is 18.5. The number of para-hydroxylation sites is 1. The van der Waals surface area contributed by atoms with E-state index in [2.05, 4.69) is 30.1 Å². The van der Waals surface area contributed by atoms with E-state index in [4.69, 9.17) is 9.47 Å². The molecular formula is C24H26N2O3. The molecule has 1 N–H and O–H groups in total. The third-order valence-electron chi connectivity index (χ3n) is 5.81. The maximum atomic E-state index is 13.0. The van der Waals surface area contributed by atoms with E-state index in [1.165, 1.54) is 0 Å². The summed E-state index contributed by atoms with van der Waals surface area (Å²) in [6, 6.07) is 16.1. The number of nitrogens with zero attached hydrogens (tertiary/aromatic N) is 1. The first-order valence-corrected chi connectivity index (χ1v) is 9.79. The molecular weight excluding hydrogens is 364 g/mol. The van der Waals surface area contributed by atoms with Gasteiger partial charge in [-0.15, -0.1) is 0 Å². The normalized spacial score (nSPS) is 16.9. The van der Waals surface area contributed by atoms with E-state index in [1.807, 2.05) is 42.2 Å². The Bertz CT molecular complexity index is 1100. The fourth-order valence-electron chi connectivity index (χ4n) is 4.19. The average molecular weight is 390 g/mol. The molecule has 1 amide bonds. The largest absolute Gasteiger partial charge is 0.497 e. The number of amides is 1. The molecule has 29 heavy (non-hydrogen) atoms. The van der Waals surface area contributed by atoms with Crippen molar-refractivity contribution in [1.82, 2.24) is 9.88 Å². The Labute approximate surface area is 170 Å². The van der Waals surface area contributed by atoms with Gasteiger partial charge < -0.3 is 19.4 Å². The van der Waals surface area contributed by atoms with Gasteiger partial charge in [-0.3, -0.25) is 4.79 Å². The third-order valence-corrected chi connectivity index (χ3v) is 5.81. The topological polar surface area (TPSA) is 54.6 Å². The third kappa shape index (κ3) is 3.21. The molecule has 1 aromatic heterocycles. The van der Waals surface area contributed by atoms with E-state index in [9.17, 15) is 4.79 Å². The Balaban J connectivity index is 1.95. The van der Waals surface area contributed by atoms with Gasteiger partial charge in [0.15, 0.2) is 0 Å². The number of methoxy groups -OCH3 is 2. The lowest BCUT2D eigenvalue weighted by molar-refractivity contribution is -0.127. The van der Waals surface area contributed by atoms with Gasteiger partial charge in [-0.25, -0.2) is 0 Å². The zero-order valence-corrected chi connectivity index (χ0v) is 17.3. The minimum absolute atomic E-state index is 0.0754. The van der Waals surface area contributed by atoms with Crippen LogP contribution in [0.5, 0.6) is 5.75 Å². The molecule has 3 aromatic rings. The molecule has 0 saturated heterocycles. The van der Waals surface area contributed by atoms with E-state index in [-0.39, 0.29) is 11.9 Å². The van der Waals surface area contributed by atoms with Crippen molar-refractivity contribution in [2.75, 3.05) is 27.4 Å². The van der Waals surface area contributed by atoms with Crippen LogP contribution in [0.2, 0.25) is 0 Å². The number of benzene rings is 2. The van der Waals surface area contributed by atoms with Crippen molar-refractivity contribution in [3.05, 3.63) is 65.2 Å². The van der Waals surface area contributed by atoms with Crippen LogP contribution >= 0.6 is 0 Å². The van der Waals surface area contributed by atoms with Crippen molar-refractivity contribution in [3.63, 3.8) is 0 Å². The van der Waals surface area contributed by atoms with Crippen LogP contribution in [0.15, 0.2) is 59.7 Å². The van der Waals surface area contributed by atoms with Gasteiger partial charge >= 0.3 is 0 Å². The lowest BCUT2D eigenvalue weighted by Crippen LogP contribution is -2.33. The van der Waals surface area contributed by atoms with Gasteiger partial charge in [0, 0.05) is 41.3 Å². The van der Waals surface area contributed by atoms with Gasteiger partial charge in [0.2, 0.25) is 5.91 Å². The van der Waals surface area contributed by atoms with E-state index < -0.39 is 0 Å². The number of aromatic nitrogens is 1. The van der Waals surface area contributed by atoms with Crippen LogP contribution in [0.4, 0.5) is 0 Å². The molecule has 0 fully saturated rings. The summed E-state index contributed by atoms with van der Waals surface area (Å²) in [6.45, 7) is 5.02. The highest BCUT2D eigenvalue weighted by Gasteiger charge is 2.38. The molecule has 0 spiro atoms. The Morgan fingerprint density at radius 2 is 1.86 bits per heavy atom. The predicted molar refractivity (Wildman–Crippen MR) is 115 cm³/mol. The summed E-state index contributed by atoms with van der Waals surface area (Å²) in [5.74, 6) is 0.876. The molecule has 1 aliphatic rings. The number of fused-ring (bicyclic) bond motifs is 1. The number of aromatic amines is 1. The van der Waals surface area contributed by atoms with E-state index in [1.54, 1.807) is 14.2 Å². The maximum Gasteiger partial charge on any atom is 0.250 e. The van der Waals surface area contributed by atoms with Crippen molar-refractivity contribution in [2.24, 2.45) is 0 Å². The highest BCUT2D eigenvalue weighted by molar-refractivity contribution is 6.00. The summed E-state index contributed by atoms with van der Waals surface area (Å²) < 4.78 is 10.7. The zero-order valence-electron chi connectivity index (χ0n) is 17.3. The number of hydrogen-bond acceptors (Lipinski definition) is 3. The van der Waals surface area contributed by atoms with Crippen LogP contribution in [0, 0.1) is 0 Å². The second kappa shape index (κ2) is 7.76. The van der Waals surface area contributed by atoms with Gasteiger partial charge in [-0.2, -0.15) is 0 Å². The molecule has 0 radical (unpaired) electrons. The van der Waals surface area contributed by atoms with Crippen LogP contribution in [0.1, 0.15) is 25.5 Å². The number of ether oxygens (including phenoxy) is 2. The van der Waals surface area contributed by atoms with Crippen LogP contribution in [-0.4, -0.2) is 43.2 Å². The average Bonchev–Trinajstić information content (AvgIpc) is 3.23. The Kier molecular flexibility index (Phi) is 5.16. The molecule has 0 bridgehead atoms. The quantitative estimate of drug-likeness (QED) is 0.663. The first kappa shape index (κ1) is 19.3. The second-order valence-electron chi connectivity index (χ2n) is 7.39. The molecule has 150 valence electrons. The molecule has 4 rings (SSSR count). The maximum absolute atomic E-state index is 13.0. The fraction of sp³-hybridized carbons (Fsp3) is 0.292. The monoisotopic (exact) mass is 390 g/mol. The summed E-state index contributed by atoms with van der Waals surface area (Å²) in [6.07, 6.45) is 0. The summed E-state index contributed by atoms with van der Waals surface area (Å²) >= 11 is 0. The number of carbonyl (C=O) groups excluding carboxylic acids is 1. The molecule has 2 aromatic carbocycles. The standard InChI is InChI=1S/C24H26N2O3/c1-15-16(2)24(27)26(12-13-28-3)23(15)21-19-10-5-6-11-20(19)25-22(21)17-8-7-9-18(14-17)29-4/h5-11,14,23,25H,12-13H2,1-4H3/t23-/m1/s1. The van der Waals surface area contributed by atoms with E-state index in [0.717, 1.165) is 44.6 Å². The summed E-state index contributed by atoms with van der Waals surface area (Å²) in [7, 11) is 3.33. The summed E-state index contributed by atoms with van der Waals surface area (Å²) in [5, 5.41) is 1.12. The molecule has 1 atom stereocenters. The van der Waals surface area contributed by atoms with Crippen LogP contribution in [0.25, 0.3) is 22.2 Å². The van der Waals surface area contributed by atoms with Gasteiger partial charge in [-0.05, 0) is 37.6 Å². The van der Waals surface area contributed by atoms with Crippen molar-refractivity contribution in [2.45, 2.75) is 19.9 Å². The summed E-state index contributed by atoms with van der Waals surface area (Å²) in [5.41, 5.74) is 6.11. The van der Waals surface area contributed by atoms with Gasteiger partial charge in [0.25, 0.3) is 0 Å². The number of H-pyrrole nitrogens is 1. The van der Waals surface area contributed by atoms with E-state index >= 15 is 0 Å². The van der Waals surface area contributed by atoms with Crippen molar-refractivity contribution >= 4 is 16.8 Å². The molecule has 5 nitrogen and oxygen atoms in total. The van der Waals surface area contributed by atoms with Crippen molar-refractivity contribution in [3.8, 4) is 17.0 Å². The van der Waals surface area contributed by atoms with Crippen molar-refractivity contribution in [1.29, 1.82) is 0 Å². The van der Waals surface area contributed by atoms with E-state index in [0.29, 0.717) is 13.2 Å². The smallest absolute Gasteiger partial charge is 0.250 e. The molecule has 0 aliphatic carbocycles. The number of rotatable bonds is 6. The Morgan fingerprint density at radius 1 is 1.07 bits per heavy atom. The highest BCUT2D eigenvalue weighted by Crippen LogP contribution is 2.45. The van der Waals surface area contributed by atoms with Crippen LogP contribution in [0.3, 0.4) is 0 Å². The van der Waals surface area contributed by atoms with Crippen LogP contribution < -0.4 is 4.74 Å². The molecule has 2 heterocycles. The van der Waals surface area contributed by atoms with Crippen LogP contribution in [-0.2, 0) is 9.53 Å². The lowest BCUT2D eigenvalue weighted by atomic mass is 9.93. The first-order valence-electron chi connectivity index (χ1n) is 9.79. The Hall–Kier alpha value is -3.05. The molecule has 0 unspecified atom stereocenters. The fourth-order valence-corrected chi connectivity index (χ4v) is 4.19. The zero-order chi connectivity index (χ0) is 20.5. The second-order valence-corrected chi connectivity index (χ2v) is 7.39. The minimum Gasteiger partial charge on any atom is -0.497 e. The highest BCUT2D eigenvalue weighted by atomic mass is 16.5. The SMILES string of the molecule is COCCN1C(=O)C(C)=C(C)[C@@H]1c1c(-c2cccc(OC)c2)[nH]c2ccccc12. The molecule has 1 aliphatic heterocycles. The molecule has 0 saturated carbocycles. The first-order chi connectivity index (χ1) is 14.1. The molecule has 5 heteroatoms. The number of carbonyl (C=O) groups is 1. The number of nitrogens with one attached hydrogen (secondary N) is 1. The van der Waals surface area contributed by atoms with Gasteiger partial charge in [0.1, 0.15) is 5.75 Å². The van der Waals surface area contributed by atoms with Gasteiger partial charge in [-0.1, -0.05) is 30.3 Å². The number of hydrogen-bond donors (Lipinski definition) is 1. The Morgan fingerprint density at radius 3 is 2.62 bits per heavy atom. The lowest BCUT2D eigenvalue weighted by Gasteiger charge is -2.27. The predicted octanol–water partition coefficient (Wildman–Crippen LogP) is 4.71.